The van der Waals surface area contributed by atoms with E-state index in [0.29, 0.717) is 6.04 Å². The van der Waals surface area contributed by atoms with Crippen LogP contribution in [0.1, 0.15) is 25.5 Å². The van der Waals surface area contributed by atoms with Gasteiger partial charge in [0.1, 0.15) is 0 Å². The number of rotatable bonds is 6. The maximum Gasteiger partial charge on any atom is 0.159 e. The van der Waals surface area contributed by atoms with Crippen molar-refractivity contribution in [3.63, 3.8) is 0 Å². The van der Waals surface area contributed by atoms with E-state index in [1.807, 2.05) is 24.0 Å². The molecule has 4 heteroatoms. The van der Waals surface area contributed by atoms with E-state index in [2.05, 4.69) is 46.5 Å². The summed E-state index contributed by atoms with van der Waals surface area (Å²) >= 11 is 1.85. The summed E-state index contributed by atoms with van der Waals surface area (Å²) in [5.41, 5.74) is 2.15. The molecule has 1 aromatic carbocycles. The summed E-state index contributed by atoms with van der Waals surface area (Å²) in [6, 6.07) is 11.2. The molecule has 1 aliphatic carbocycles. The molecular weight excluding hydrogens is 266 g/mol. The summed E-state index contributed by atoms with van der Waals surface area (Å²) in [5.74, 6) is 1.91. The minimum Gasteiger partial charge on any atom is -0.308 e. The van der Waals surface area contributed by atoms with E-state index < -0.39 is 0 Å². The van der Waals surface area contributed by atoms with Gasteiger partial charge < -0.3 is 5.32 Å². The Morgan fingerprint density at radius 3 is 2.70 bits per heavy atom. The first-order valence-electron chi connectivity index (χ1n) is 7.13. The van der Waals surface area contributed by atoms with Crippen LogP contribution in [-0.2, 0) is 6.54 Å². The number of benzene rings is 1. The number of nitrogens with one attached hydrogen (secondary N) is 1. The van der Waals surface area contributed by atoms with Crippen LogP contribution >= 0.6 is 11.8 Å². The minimum absolute atomic E-state index is 0.707. The van der Waals surface area contributed by atoms with Crippen molar-refractivity contribution >= 4 is 11.8 Å². The first-order valence-corrected chi connectivity index (χ1v) is 8.12. The van der Waals surface area contributed by atoms with Crippen LogP contribution in [0.3, 0.4) is 0 Å². The van der Waals surface area contributed by atoms with Gasteiger partial charge in [0.25, 0.3) is 0 Å². The third kappa shape index (κ3) is 3.58. The van der Waals surface area contributed by atoms with Crippen molar-refractivity contribution < 1.29 is 0 Å². The fourth-order valence-corrected chi connectivity index (χ4v) is 2.70. The third-order valence-corrected chi connectivity index (χ3v) is 4.18. The summed E-state index contributed by atoms with van der Waals surface area (Å²) < 4.78 is 0. The van der Waals surface area contributed by atoms with Crippen molar-refractivity contribution in [1.82, 2.24) is 15.3 Å². The van der Waals surface area contributed by atoms with Gasteiger partial charge in [-0.2, -0.15) is 0 Å². The molecule has 0 saturated heterocycles. The monoisotopic (exact) mass is 285 g/mol. The number of hydrogen-bond acceptors (Lipinski definition) is 4. The van der Waals surface area contributed by atoms with Crippen LogP contribution in [0.5, 0.6) is 0 Å². The average Bonchev–Trinajstić information content (AvgIpc) is 3.31. The molecule has 1 aromatic heterocycles. The van der Waals surface area contributed by atoms with Crippen LogP contribution in [-0.4, -0.2) is 21.8 Å². The van der Waals surface area contributed by atoms with Crippen LogP contribution in [0.4, 0.5) is 0 Å². The number of nitrogens with zero attached hydrogens (tertiary/aromatic N) is 2. The lowest BCUT2D eigenvalue weighted by molar-refractivity contribution is 0.673. The van der Waals surface area contributed by atoms with E-state index in [0.717, 1.165) is 29.4 Å². The zero-order valence-electron chi connectivity index (χ0n) is 11.7. The van der Waals surface area contributed by atoms with Gasteiger partial charge in [0.2, 0.25) is 0 Å². The Kier molecular flexibility index (Phi) is 4.33. The van der Waals surface area contributed by atoms with Crippen molar-refractivity contribution in [2.24, 2.45) is 0 Å². The van der Waals surface area contributed by atoms with E-state index in [4.69, 9.17) is 0 Å². The second-order valence-electron chi connectivity index (χ2n) is 4.98. The molecule has 0 amide bonds. The van der Waals surface area contributed by atoms with Crippen LogP contribution in [0.25, 0.3) is 11.4 Å². The molecule has 3 nitrogen and oxygen atoms in total. The molecule has 0 spiro atoms. The molecule has 0 aliphatic heterocycles. The molecule has 1 N–H and O–H groups in total. The standard InChI is InChI=1S/C16H19N3S/c1-2-20-15-7-3-12(4-8-15)16-17-10-9-14(19-16)11-18-13-5-6-13/h3-4,7-10,13,18H,2,5-6,11H2,1H3. The SMILES string of the molecule is CCSc1ccc(-c2nccc(CNC3CC3)n2)cc1. The van der Waals surface area contributed by atoms with E-state index in [1.54, 1.807) is 0 Å². The van der Waals surface area contributed by atoms with Crippen molar-refractivity contribution in [1.29, 1.82) is 0 Å². The first kappa shape index (κ1) is 13.6. The van der Waals surface area contributed by atoms with Gasteiger partial charge in [-0.15, -0.1) is 11.8 Å². The van der Waals surface area contributed by atoms with Gasteiger partial charge in [-0.3, -0.25) is 0 Å². The highest BCUT2D eigenvalue weighted by Crippen LogP contribution is 2.22. The highest BCUT2D eigenvalue weighted by Gasteiger charge is 2.20. The Morgan fingerprint density at radius 1 is 1.20 bits per heavy atom. The molecule has 1 fully saturated rings. The van der Waals surface area contributed by atoms with Gasteiger partial charge in [0.15, 0.2) is 5.82 Å². The third-order valence-electron chi connectivity index (χ3n) is 3.29. The highest BCUT2D eigenvalue weighted by molar-refractivity contribution is 7.99. The summed E-state index contributed by atoms with van der Waals surface area (Å²) in [4.78, 5) is 10.3. The Balaban J connectivity index is 1.72. The Bertz CT molecular complexity index is 564. The fraction of sp³-hybridized carbons (Fsp3) is 0.375. The summed E-state index contributed by atoms with van der Waals surface area (Å²) in [6.07, 6.45) is 4.45. The predicted molar refractivity (Wildman–Crippen MR) is 83.7 cm³/mol. The Hall–Kier alpha value is -1.39. The molecule has 0 unspecified atom stereocenters. The zero-order valence-corrected chi connectivity index (χ0v) is 12.5. The van der Waals surface area contributed by atoms with Crippen molar-refractivity contribution in [2.45, 2.75) is 37.2 Å². The van der Waals surface area contributed by atoms with Gasteiger partial charge in [-0.05, 0) is 36.8 Å². The smallest absolute Gasteiger partial charge is 0.159 e. The van der Waals surface area contributed by atoms with Gasteiger partial charge in [-0.1, -0.05) is 19.1 Å². The van der Waals surface area contributed by atoms with Crippen molar-refractivity contribution in [3.05, 3.63) is 42.2 Å². The molecular formula is C16H19N3S. The normalized spacial score (nSPS) is 14.4. The number of hydrogen-bond donors (Lipinski definition) is 1. The van der Waals surface area contributed by atoms with E-state index in [1.165, 1.54) is 17.7 Å². The molecule has 0 bridgehead atoms. The zero-order chi connectivity index (χ0) is 13.8. The first-order chi connectivity index (χ1) is 9.85. The van der Waals surface area contributed by atoms with E-state index in [9.17, 15) is 0 Å². The second-order valence-corrected chi connectivity index (χ2v) is 6.32. The van der Waals surface area contributed by atoms with Gasteiger partial charge >= 0.3 is 0 Å². The summed E-state index contributed by atoms with van der Waals surface area (Å²) in [5, 5.41) is 3.48. The minimum atomic E-state index is 0.707. The molecule has 1 aliphatic rings. The van der Waals surface area contributed by atoms with Crippen molar-refractivity contribution in [2.75, 3.05) is 5.75 Å². The molecule has 104 valence electrons. The lowest BCUT2D eigenvalue weighted by atomic mass is 10.2. The van der Waals surface area contributed by atoms with Crippen molar-refractivity contribution in [3.8, 4) is 11.4 Å². The Morgan fingerprint density at radius 2 is 2.00 bits per heavy atom. The number of aromatic nitrogens is 2. The van der Waals surface area contributed by atoms with E-state index >= 15 is 0 Å². The maximum atomic E-state index is 4.64. The molecule has 2 aromatic rings. The van der Waals surface area contributed by atoms with Crippen LogP contribution in [0.2, 0.25) is 0 Å². The second kappa shape index (κ2) is 6.37. The number of thioether (sulfide) groups is 1. The molecule has 1 saturated carbocycles. The molecule has 0 radical (unpaired) electrons. The molecule has 3 rings (SSSR count). The largest absolute Gasteiger partial charge is 0.308 e. The average molecular weight is 285 g/mol. The van der Waals surface area contributed by atoms with Gasteiger partial charge in [0.05, 0.1) is 5.69 Å². The lowest BCUT2D eigenvalue weighted by Crippen LogP contribution is -2.16. The Labute approximate surface area is 124 Å². The quantitative estimate of drug-likeness (QED) is 0.824. The predicted octanol–water partition coefficient (Wildman–Crippen LogP) is 3.51. The van der Waals surface area contributed by atoms with Gasteiger partial charge in [-0.25, -0.2) is 9.97 Å². The van der Waals surface area contributed by atoms with Crippen LogP contribution < -0.4 is 5.32 Å². The highest BCUT2D eigenvalue weighted by atomic mass is 32.2. The lowest BCUT2D eigenvalue weighted by Gasteiger charge is -2.05. The topological polar surface area (TPSA) is 37.8 Å². The van der Waals surface area contributed by atoms with Crippen LogP contribution in [0, 0.1) is 0 Å². The molecule has 20 heavy (non-hydrogen) atoms. The molecule has 1 heterocycles. The summed E-state index contributed by atoms with van der Waals surface area (Å²) in [6.45, 7) is 3.00. The maximum absolute atomic E-state index is 4.64. The van der Waals surface area contributed by atoms with E-state index in [-0.39, 0.29) is 0 Å². The van der Waals surface area contributed by atoms with Gasteiger partial charge in [0, 0.05) is 29.2 Å². The molecule has 0 atom stereocenters. The summed E-state index contributed by atoms with van der Waals surface area (Å²) in [7, 11) is 0. The fourth-order valence-electron chi connectivity index (χ4n) is 2.04. The van der Waals surface area contributed by atoms with Crippen LogP contribution in [0.15, 0.2) is 41.4 Å².